The van der Waals surface area contributed by atoms with Gasteiger partial charge in [-0.3, -0.25) is 15.5 Å². The maximum Gasteiger partial charge on any atom is 0.269 e. The molecule has 0 unspecified atom stereocenters. The van der Waals surface area contributed by atoms with Gasteiger partial charge in [0.2, 0.25) is 0 Å². The van der Waals surface area contributed by atoms with Gasteiger partial charge in [-0.2, -0.15) is 5.10 Å². The first-order valence-corrected chi connectivity index (χ1v) is 7.95. The number of non-ortho nitro benzene ring substituents is 1. The van der Waals surface area contributed by atoms with E-state index in [2.05, 4.69) is 42.6 Å². The number of hydrazone groups is 1. The quantitative estimate of drug-likeness (QED) is 0.678. The molecule has 0 fully saturated rings. The number of hydrogen-bond acceptors (Lipinski definition) is 5. The van der Waals surface area contributed by atoms with Crippen LogP contribution in [0.1, 0.15) is 22.3 Å². The number of thioether (sulfide) groups is 1. The predicted molar refractivity (Wildman–Crippen MR) is 94.3 cm³/mol. The topological polar surface area (TPSA) is 67.5 Å². The van der Waals surface area contributed by atoms with Gasteiger partial charge in [0.05, 0.1) is 10.6 Å². The Morgan fingerprint density at radius 2 is 1.87 bits per heavy atom. The first kappa shape index (κ1) is 15.3. The molecule has 0 aromatic heterocycles. The molecule has 5 nitrogen and oxygen atoms in total. The molecule has 1 aliphatic rings. The molecule has 3 rings (SSSR count). The van der Waals surface area contributed by atoms with Crippen LogP contribution in [0, 0.1) is 24.0 Å². The van der Waals surface area contributed by atoms with Crippen molar-refractivity contribution in [2.45, 2.75) is 13.8 Å². The monoisotopic (exact) mass is 325 g/mol. The van der Waals surface area contributed by atoms with Crippen LogP contribution in [0.25, 0.3) is 5.70 Å². The Labute approximate surface area is 138 Å². The minimum Gasteiger partial charge on any atom is -0.276 e. The van der Waals surface area contributed by atoms with Gasteiger partial charge in [-0.1, -0.05) is 29.5 Å². The van der Waals surface area contributed by atoms with Gasteiger partial charge in [0.15, 0.2) is 0 Å². The van der Waals surface area contributed by atoms with Gasteiger partial charge in [-0.25, -0.2) is 0 Å². The number of nitro groups is 1. The van der Waals surface area contributed by atoms with Crippen molar-refractivity contribution in [3.05, 3.63) is 80.2 Å². The highest BCUT2D eigenvalue weighted by molar-refractivity contribution is 8.17. The first-order chi connectivity index (χ1) is 11.0. The molecule has 0 bridgehead atoms. The molecule has 0 aliphatic carbocycles. The molecule has 0 saturated carbocycles. The fourth-order valence-electron chi connectivity index (χ4n) is 2.26. The molecule has 1 heterocycles. The van der Waals surface area contributed by atoms with Crippen LogP contribution in [-0.4, -0.2) is 9.97 Å². The Hall–Kier alpha value is -2.60. The second-order valence-electron chi connectivity index (χ2n) is 5.30. The van der Waals surface area contributed by atoms with Crippen LogP contribution in [0.4, 0.5) is 5.69 Å². The van der Waals surface area contributed by atoms with E-state index in [1.807, 2.05) is 5.41 Å². The van der Waals surface area contributed by atoms with Gasteiger partial charge in [0, 0.05) is 28.7 Å². The summed E-state index contributed by atoms with van der Waals surface area (Å²) in [5, 5.41) is 18.0. The van der Waals surface area contributed by atoms with Crippen molar-refractivity contribution in [3.63, 3.8) is 0 Å². The maximum absolute atomic E-state index is 10.7. The third-order valence-electron chi connectivity index (χ3n) is 3.58. The van der Waals surface area contributed by atoms with Crippen molar-refractivity contribution in [2.24, 2.45) is 5.10 Å². The van der Waals surface area contributed by atoms with Gasteiger partial charge >= 0.3 is 0 Å². The summed E-state index contributed by atoms with van der Waals surface area (Å²) in [6.45, 7) is 4.12. The highest BCUT2D eigenvalue weighted by atomic mass is 32.2. The Kier molecular flexibility index (Phi) is 4.16. The third-order valence-corrected chi connectivity index (χ3v) is 4.47. The molecule has 0 saturated heterocycles. The molecular weight excluding hydrogens is 310 g/mol. The summed E-state index contributed by atoms with van der Waals surface area (Å²) in [5.41, 5.74) is 8.30. The minimum atomic E-state index is -0.405. The zero-order chi connectivity index (χ0) is 16.4. The highest BCUT2D eigenvalue weighted by Crippen LogP contribution is 2.27. The second-order valence-corrected chi connectivity index (χ2v) is 6.16. The largest absolute Gasteiger partial charge is 0.276 e. The molecule has 0 radical (unpaired) electrons. The maximum atomic E-state index is 10.7. The SMILES string of the molecule is Cc1ccc(C)c(C2=NNC(c3ccc([N+](=O)[O-])cc3)=CS2)c1. The van der Waals surface area contributed by atoms with Crippen molar-refractivity contribution >= 4 is 28.2 Å². The minimum absolute atomic E-state index is 0.0809. The lowest BCUT2D eigenvalue weighted by Gasteiger charge is -2.16. The van der Waals surface area contributed by atoms with Gasteiger partial charge in [-0.15, -0.1) is 0 Å². The summed E-state index contributed by atoms with van der Waals surface area (Å²) in [6, 6.07) is 12.7. The van der Waals surface area contributed by atoms with Crippen molar-refractivity contribution < 1.29 is 4.92 Å². The summed E-state index contributed by atoms with van der Waals surface area (Å²) in [6.07, 6.45) is 0. The van der Waals surface area contributed by atoms with Crippen LogP contribution in [0.2, 0.25) is 0 Å². The van der Waals surface area contributed by atoms with E-state index in [9.17, 15) is 10.1 Å². The number of nitrogens with zero attached hydrogens (tertiary/aromatic N) is 2. The van der Waals surface area contributed by atoms with E-state index in [-0.39, 0.29) is 5.69 Å². The molecule has 23 heavy (non-hydrogen) atoms. The lowest BCUT2D eigenvalue weighted by atomic mass is 10.1. The van der Waals surface area contributed by atoms with Gasteiger partial charge in [0.1, 0.15) is 5.04 Å². The summed E-state index contributed by atoms with van der Waals surface area (Å²) in [7, 11) is 0. The standard InChI is InChI=1S/C17H15N3O2S/c1-11-3-4-12(2)15(9-11)17-19-18-16(10-23-17)13-5-7-14(8-6-13)20(21)22/h3-10,18H,1-2H3. The van der Waals surface area contributed by atoms with E-state index >= 15 is 0 Å². The number of benzene rings is 2. The Morgan fingerprint density at radius 1 is 1.13 bits per heavy atom. The van der Waals surface area contributed by atoms with Crippen molar-refractivity contribution in [1.82, 2.24) is 5.43 Å². The van der Waals surface area contributed by atoms with Crippen LogP contribution in [0.3, 0.4) is 0 Å². The molecule has 2 aromatic carbocycles. The predicted octanol–water partition coefficient (Wildman–Crippen LogP) is 4.21. The molecule has 1 N–H and O–H groups in total. The van der Waals surface area contributed by atoms with Crippen LogP contribution < -0.4 is 5.43 Å². The van der Waals surface area contributed by atoms with E-state index < -0.39 is 4.92 Å². The van der Waals surface area contributed by atoms with E-state index in [0.29, 0.717) is 0 Å². The second kappa shape index (κ2) is 6.26. The average molecular weight is 325 g/mol. The van der Waals surface area contributed by atoms with Crippen molar-refractivity contribution in [2.75, 3.05) is 0 Å². The fraction of sp³-hybridized carbons (Fsp3) is 0.118. The zero-order valence-corrected chi connectivity index (χ0v) is 13.6. The lowest BCUT2D eigenvalue weighted by molar-refractivity contribution is -0.384. The van der Waals surface area contributed by atoms with Gasteiger partial charge in [0.25, 0.3) is 5.69 Å². The smallest absolute Gasteiger partial charge is 0.269 e. The normalized spacial score (nSPS) is 13.8. The summed E-state index contributed by atoms with van der Waals surface area (Å²) >= 11 is 1.54. The molecule has 0 atom stereocenters. The highest BCUT2D eigenvalue weighted by Gasteiger charge is 2.14. The lowest BCUT2D eigenvalue weighted by Crippen LogP contribution is -2.13. The molecule has 116 valence electrons. The van der Waals surface area contributed by atoms with E-state index in [1.54, 1.807) is 23.9 Å². The van der Waals surface area contributed by atoms with Crippen LogP contribution >= 0.6 is 11.8 Å². The Bertz CT molecular complexity index is 826. The van der Waals surface area contributed by atoms with E-state index in [0.717, 1.165) is 21.9 Å². The third kappa shape index (κ3) is 3.27. The summed E-state index contributed by atoms with van der Waals surface area (Å²) in [4.78, 5) is 10.3. The van der Waals surface area contributed by atoms with Crippen molar-refractivity contribution in [1.29, 1.82) is 0 Å². The molecular formula is C17H15N3O2S. The van der Waals surface area contributed by atoms with Crippen LogP contribution in [-0.2, 0) is 0 Å². The summed E-state index contributed by atoms with van der Waals surface area (Å²) < 4.78 is 0. The van der Waals surface area contributed by atoms with Crippen LogP contribution in [0.15, 0.2) is 53.0 Å². The summed E-state index contributed by atoms with van der Waals surface area (Å²) in [5.74, 6) is 0. The molecule has 0 amide bonds. The number of nitrogens with one attached hydrogen (secondary N) is 1. The van der Waals surface area contributed by atoms with Crippen LogP contribution in [0.5, 0.6) is 0 Å². The number of hydrogen-bond donors (Lipinski definition) is 1. The number of nitro benzene ring substituents is 1. The average Bonchev–Trinajstić information content (AvgIpc) is 2.57. The first-order valence-electron chi connectivity index (χ1n) is 7.07. The number of aryl methyl sites for hydroxylation is 2. The van der Waals surface area contributed by atoms with Gasteiger partial charge in [-0.05, 0) is 37.6 Å². The van der Waals surface area contributed by atoms with Crippen molar-refractivity contribution in [3.8, 4) is 0 Å². The Balaban J connectivity index is 1.79. The number of rotatable bonds is 3. The molecule has 0 spiro atoms. The fourth-order valence-corrected chi connectivity index (χ4v) is 3.13. The molecule has 6 heteroatoms. The van der Waals surface area contributed by atoms with E-state index in [1.165, 1.54) is 23.3 Å². The Morgan fingerprint density at radius 3 is 2.48 bits per heavy atom. The zero-order valence-electron chi connectivity index (χ0n) is 12.7. The van der Waals surface area contributed by atoms with Gasteiger partial charge < -0.3 is 0 Å². The molecule has 1 aliphatic heterocycles. The molecule has 2 aromatic rings. The van der Waals surface area contributed by atoms with E-state index in [4.69, 9.17) is 0 Å².